The van der Waals surface area contributed by atoms with Gasteiger partial charge in [0.25, 0.3) is 11.5 Å². The largest absolute Gasteiger partial charge is 0.342 e. The van der Waals surface area contributed by atoms with Crippen molar-refractivity contribution in [3.05, 3.63) is 27.4 Å². The Balaban J connectivity index is 1.59. The molecule has 2 aliphatic heterocycles. The maximum absolute atomic E-state index is 13.0. The summed E-state index contributed by atoms with van der Waals surface area (Å²) >= 11 is 0. The molecule has 166 valence electrons. The molecule has 8 heteroatoms. The van der Waals surface area contributed by atoms with E-state index in [4.69, 9.17) is 0 Å². The highest BCUT2D eigenvalue weighted by Gasteiger charge is 2.29. The molecule has 2 fully saturated rings. The quantitative estimate of drug-likeness (QED) is 0.806. The van der Waals surface area contributed by atoms with Gasteiger partial charge in [-0.15, -0.1) is 0 Å². The lowest BCUT2D eigenvalue weighted by Gasteiger charge is -2.35. The fourth-order valence-electron chi connectivity index (χ4n) is 4.07. The van der Waals surface area contributed by atoms with Crippen molar-refractivity contribution in [3.63, 3.8) is 0 Å². The second kappa shape index (κ2) is 9.29. The maximum Gasteiger partial charge on any atom is 0.264 e. The molecular formula is C22H35N5O3. The molecule has 1 N–H and O–H groups in total. The minimum absolute atomic E-state index is 0.122. The molecular weight excluding hydrogens is 382 g/mol. The summed E-state index contributed by atoms with van der Waals surface area (Å²) in [6, 6.07) is 0. The zero-order chi connectivity index (χ0) is 21.9. The smallest absolute Gasteiger partial charge is 0.264 e. The van der Waals surface area contributed by atoms with E-state index in [0.29, 0.717) is 44.2 Å². The van der Waals surface area contributed by atoms with Crippen molar-refractivity contribution in [3.8, 4) is 0 Å². The monoisotopic (exact) mass is 417 g/mol. The van der Waals surface area contributed by atoms with Crippen molar-refractivity contribution in [1.29, 1.82) is 0 Å². The van der Waals surface area contributed by atoms with Crippen LogP contribution in [0.25, 0.3) is 0 Å². The SMILES string of the molecule is Cc1nc(C(C)(C)C)[nH]c(=O)c1C(=O)N1CCN(CC(=O)N2CCCCCC2)CC1. The van der Waals surface area contributed by atoms with Crippen molar-refractivity contribution in [2.45, 2.75) is 58.8 Å². The predicted octanol–water partition coefficient (Wildman–Crippen LogP) is 1.54. The first-order chi connectivity index (χ1) is 14.2. The van der Waals surface area contributed by atoms with E-state index in [9.17, 15) is 14.4 Å². The summed E-state index contributed by atoms with van der Waals surface area (Å²) in [6.07, 6.45) is 4.58. The fourth-order valence-corrected chi connectivity index (χ4v) is 4.07. The summed E-state index contributed by atoms with van der Waals surface area (Å²) in [6.45, 7) is 12.0. The van der Waals surface area contributed by atoms with Gasteiger partial charge >= 0.3 is 0 Å². The Bertz CT molecular complexity index is 826. The van der Waals surface area contributed by atoms with Gasteiger partial charge in [-0.3, -0.25) is 19.3 Å². The van der Waals surface area contributed by atoms with Gasteiger partial charge < -0.3 is 14.8 Å². The van der Waals surface area contributed by atoms with Gasteiger partial charge in [-0.25, -0.2) is 4.98 Å². The standard InChI is InChI=1S/C22H35N5O3/c1-16-18(19(29)24-21(23-16)22(2,3)4)20(30)27-13-11-25(12-14-27)15-17(28)26-9-7-5-6-8-10-26/h5-15H2,1-4H3,(H,23,24,29). The number of aromatic amines is 1. The molecule has 0 saturated carbocycles. The van der Waals surface area contributed by atoms with E-state index in [1.54, 1.807) is 11.8 Å². The minimum atomic E-state index is -0.379. The lowest BCUT2D eigenvalue weighted by Crippen LogP contribution is -2.52. The normalized spacial score (nSPS) is 18.9. The molecule has 0 atom stereocenters. The second-order valence-electron chi connectivity index (χ2n) is 9.49. The van der Waals surface area contributed by atoms with E-state index >= 15 is 0 Å². The van der Waals surface area contributed by atoms with Crippen LogP contribution in [0.15, 0.2) is 4.79 Å². The van der Waals surface area contributed by atoms with Crippen LogP contribution in [0.3, 0.4) is 0 Å². The topological polar surface area (TPSA) is 89.6 Å². The van der Waals surface area contributed by atoms with E-state index in [0.717, 1.165) is 25.9 Å². The van der Waals surface area contributed by atoms with Crippen LogP contribution in [0, 0.1) is 6.92 Å². The van der Waals surface area contributed by atoms with Gasteiger partial charge in [-0.05, 0) is 19.8 Å². The number of carbonyl (C=O) groups is 2. The summed E-state index contributed by atoms with van der Waals surface area (Å²) in [5.74, 6) is 0.490. The highest BCUT2D eigenvalue weighted by molar-refractivity contribution is 5.95. The highest BCUT2D eigenvalue weighted by atomic mass is 16.2. The van der Waals surface area contributed by atoms with Gasteiger partial charge in [0.2, 0.25) is 5.91 Å². The molecule has 0 aromatic carbocycles. The van der Waals surface area contributed by atoms with E-state index < -0.39 is 0 Å². The lowest BCUT2D eigenvalue weighted by atomic mass is 9.95. The van der Waals surface area contributed by atoms with Crippen LogP contribution in [0.4, 0.5) is 0 Å². The van der Waals surface area contributed by atoms with Crippen LogP contribution in [0.2, 0.25) is 0 Å². The maximum atomic E-state index is 13.0. The molecule has 0 unspecified atom stereocenters. The number of piperazine rings is 1. The van der Waals surface area contributed by atoms with E-state index in [1.165, 1.54) is 12.8 Å². The van der Waals surface area contributed by atoms with Crippen LogP contribution in [-0.2, 0) is 10.2 Å². The zero-order valence-electron chi connectivity index (χ0n) is 18.8. The molecule has 0 aliphatic carbocycles. The number of rotatable bonds is 3. The summed E-state index contributed by atoms with van der Waals surface area (Å²) in [7, 11) is 0. The van der Waals surface area contributed by atoms with Crippen molar-refractivity contribution in [1.82, 2.24) is 24.7 Å². The number of amides is 2. The molecule has 0 spiro atoms. The molecule has 3 rings (SSSR count). The van der Waals surface area contributed by atoms with E-state index in [2.05, 4.69) is 14.9 Å². The summed E-state index contributed by atoms with van der Waals surface area (Å²) in [4.78, 5) is 51.2. The molecule has 0 bridgehead atoms. The molecule has 2 amide bonds. The molecule has 2 saturated heterocycles. The van der Waals surface area contributed by atoms with Gasteiger partial charge in [-0.1, -0.05) is 33.6 Å². The third-order valence-corrected chi connectivity index (χ3v) is 6.00. The average Bonchev–Trinajstić information content (AvgIpc) is 2.97. The number of H-pyrrole nitrogens is 1. The minimum Gasteiger partial charge on any atom is -0.342 e. The average molecular weight is 418 g/mol. The van der Waals surface area contributed by atoms with Gasteiger partial charge in [0, 0.05) is 44.7 Å². The third kappa shape index (κ3) is 5.28. The van der Waals surface area contributed by atoms with Gasteiger partial charge in [0.15, 0.2) is 0 Å². The molecule has 8 nitrogen and oxygen atoms in total. The van der Waals surface area contributed by atoms with Gasteiger partial charge in [0.05, 0.1) is 12.2 Å². The number of nitrogens with zero attached hydrogens (tertiary/aromatic N) is 4. The first kappa shape index (κ1) is 22.5. The third-order valence-electron chi connectivity index (χ3n) is 6.00. The Morgan fingerprint density at radius 1 is 0.933 bits per heavy atom. The first-order valence-corrected chi connectivity index (χ1v) is 11.1. The van der Waals surface area contributed by atoms with Crippen molar-refractivity contribution in [2.75, 3.05) is 45.8 Å². The van der Waals surface area contributed by atoms with Crippen LogP contribution >= 0.6 is 0 Å². The summed E-state index contributed by atoms with van der Waals surface area (Å²) in [5, 5.41) is 0. The number of nitrogens with one attached hydrogen (secondary N) is 1. The van der Waals surface area contributed by atoms with Crippen molar-refractivity contribution >= 4 is 11.8 Å². The number of likely N-dealkylation sites (tertiary alicyclic amines) is 1. The van der Waals surface area contributed by atoms with Crippen LogP contribution in [0.1, 0.15) is 68.3 Å². The van der Waals surface area contributed by atoms with E-state index in [1.807, 2.05) is 25.7 Å². The van der Waals surface area contributed by atoms with Crippen LogP contribution in [-0.4, -0.2) is 82.3 Å². The molecule has 3 heterocycles. The van der Waals surface area contributed by atoms with Gasteiger partial charge in [-0.2, -0.15) is 0 Å². The Kier molecular flexibility index (Phi) is 6.95. The molecule has 1 aromatic heterocycles. The summed E-state index contributed by atoms with van der Waals surface area (Å²) < 4.78 is 0. The number of aromatic nitrogens is 2. The Morgan fingerprint density at radius 2 is 1.53 bits per heavy atom. The fraction of sp³-hybridized carbons (Fsp3) is 0.727. The van der Waals surface area contributed by atoms with Crippen LogP contribution < -0.4 is 5.56 Å². The van der Waals surface area contributed by atoms with Crippen molar-refractivity contribution < 1.29 is 9.59 Å². The number of carbonyl (C=O) groups excluding carboxylic acids is 2. The zero-order valence-corrected chi connectivity index (χ0v) is 18.8. The second-order valence-corrected chi connectivity index (χ2v) is 9.49. The number of hydrogen-bond acceptors (Lipinski definition) is 5. The van der Waals surface area contributed by atoms with Gasteiger partial charge in [0.1, 0.15) is 11.4 Å². The Morgan fingerprint density at radius 3 is 2.07 bits per heavy atom. The Labute approximate surface area is 178 Å². The van der Waals surface area contributed by atoms with E-state index in [-0.39, 0.29) is 28.4 Å². The predicted molar refractivity (Wildman–Crippen MR) is 116 cm³/mol. The Hall–Kier alpha value is -2.22. The van der Waals surface area contributed by atoms with Crippen molar-refractivity contribution in [2.24, 2.45) is 0 Å². The summed E-state index contributed by atoms with van der Waals surface area (Å²) in [5.41, 5.74) is -0.0856. The molecule has 30 heavy (non-hydrogen) atoms. The highest BCUT2D eigenvalue weighted by Crippen LogP contribution is 2.18. The van der Waals surface area contributed by atoms with Crippen LogP contribution in [0.5, 0.6) is 0 Å². The molecule has 1 aromatic rings. The number of hydrogen-bond donors (Lipinski definition) is 1. The lowest BCUT2D eigenvalue weighted by molar-refractivity contribution is -0.132. The molecule has 0 radical (unpaired) electrons. The number of aryl methyl sites for hydroxylation is 1. The molecule has 2 aliphatic rings. The first-order valence-electron chi connectivity index (χ1n) is 11.1.